The standard InChI is InChI=1S/C43H37FO6/c44-37-25-42(49-29-33-19-11-4-12-20-33)41(48-28-32-17-9-3-10-18-32)24-35(37)43-38(45)23-36-39(47-27-31-15-7-2-8-16-31)21-34(22-40(36)50-43)46-26-30-13-5-1-6-14-30/h1-22,24-25,38,43,45H,23,26-29H2. The van der Waals surface area contributed by atoms with Gasteiger partial charge in [-0.05, 0) is 28.3 Å². The molecule has 0 aliphatic carbocycles. The van der Waals surface area contributed by atoms with E-state index in [0.29, 0.717) is 41.8 Å². The molecular formula is C43H37FO6. The minimum Gasteiger partial charge on any atom is -0.489 e. The van der Waals surface area contributed by atoms with Crippen molar-refractivity contribution in [1.82, 2.24) is 0 Å². The maximum absolute atomic E-state index is 16.1. The molecule has 0 amide bonds. The largest absolute Gasteiger partial charge is 0.489 e. The molecule has 1 N–H and O–H groups in total. The highest BCUT2D eigenvalue weighted by Crippen LogP contribution is 2.45. The van der Waals surface area contributed by atoms with Gasteiger partial charge in [0.2, 0.25) is 0 Å². The fourth-order valence-corrected chi connectivity index (χ4v) is 5.86. The molecule has 0 saturated carbocycles. The Bertz CT molecular complexity index is 1990. The van der Waals surface area contributed by atoms with Gasteiger partial charge in [0.25, 0.3) is 0 Å². The number of hydrogen-bond acceptors (Lipinski definition) is 6. The minimum atomic E-state index is -1.08. The van der Waals surface area contributed by atoms with Crippen molar-refractivity contribution < 1.29 is 33.2 Å². The first-order chi connectivity index (χ1) is 24.6. The van der Waals surface area contributed by atoms with Gasteiger partial charge in [-0.25, -0.2) is 4.39 Å². The molecule has 0 saturated heterocycles. The predicted molar refractivity (Wildman–Crippen MR) is 189 cm³/mol. The van der Waals surface area contributed by atoms with Crippen LogP contribution in [0.4, 0.5) is 4.39 Å². The molecule has 2 atom stereocenters. The van der Waals surface area contributed by atoms with Crippen LogP contribution >= 0.6 is 0 Å². The Labute approximate surface area is 291 Å². The number of aliphatic hydroxyl groups is 1. The quantitative estimate of drug-likeness (QED) is 0.132. The highest BCUT2D eigenvalue weighted by molar-refractivity contribution is 5.54. The fourth-order valence-electron chi connectivity index (χ4n) is 5.86. The summed E-state index contributed by atoms with van der Waals surface area (Å²) in [6.45, 7) is 1.13. The zero-order chi connectivity index (χ0) is 34.1. The van der Waals surface area contributed by atoms with E-state index < -0.39 is 18.0 Å². The number of rotatable bonds is 13. The van der Waals surface area contributed by atoms with E-state index in [9.17, 15) is 5.11 Å². The second-order valence-electron chi connectivity index (χ2n) is 12.1. The van der Waals surface area contributed by atoms with Crippen LogP contribution in [0.5, 0.6) is 28.7 Å². The van der Waals surface area contributed by atoms with Crippen molar-refractivity contribution in [3.8, 4) is 28.7 Å². The molecule has 6 aromatic carbocycles. The molecule has 1 aliphatic heterocycles. The molecule has 6 aromatic rings. The lowest BCUT2D eigenvalue weighted by molar-refractivity contribution is 0.0172. The molecule has 50 heavy (non-hydrogen) atoms. The topological polar surface area (TPSA) is 66.4 Å². The van der Waals surface area contributed by atoms with Gasteiger partial charge in [0.05, 0.1) is 6.10 Å². The SMILES string of the molecule is OC1Cc2c(OCc3ccccc3)cc(OCc3ccccc3)cc2OC1c1cc(OCc2ccccc2)c(OCc2ccccc2)cc1F. The lowest BCUT2D eigenvalue weighted by Crippen LogP contribution is -2.31. The first kappa shape index (κ1) is 32.7. The van der Waals surface area contributed by atoms with Crippen molar-refractivity contribution >= 4 is 0 Å². The molecular weight excluding hydrogens is 631 g/mol. The summed E-state index contributed by atoms with van der Waals surface area (Å²) in [5.74, 6) is 1.53. The maximum atomic E-state index is 16.1. The summed E-state index contributed by atoms with van der Waals surface area (Å²) in [5.41, 5.74) is 4.71. The average Bonchev–Trinajstić information content (AvgIpc) is 3.16. The molecule has 0 radical (unpaired) electrons. The van der Waals surface area contributed by atoms with Crippen molar-refractivity contribution in [3.05, 3.63) is 185 Å². The molecule has 6 nitrogen and oxygen atoms in total. The van der Waals surface area contributed by atoms with Crippen LogP contribution in [0.1, 0.15) is 39.5 Å². The highest BCUT2D eigenvalue weighted by Gasteiger charge is 2.35. The third-order valence-corrected chi connectivity index (χ3v) is 8.49. The van der Waals surface area contributed by atoms with Gasteiger partial charge < -0.3 is 28.8 Å². The molecule has 7 rings (SSSR count). The monoisotopic (exact) mass is 668 g/mol. The Morgan fingerprint density at radius 2 is 0.980 bits per heavy atom. The van der Waals surface area contributed by atoms with Crippen LogP contribution in [0.3, 0.4) is 0 Å². The van der Waals surface area contributed by atoms with E-state index in [1.807, 2.05) is 127 Å². The Kier molecular flexibility index (Phi) is 10.2. The Morgan fingerprint density at radius 3 is 1.48 bits per heavy atom. The van der Waals surface area contributed by atoms with Crippen molar-refractivity contribution in [3.63, 3.8) is 0 Å². The van der Waals surface area contributed by atoms with E-state index in [2.05, 4.69) is 0 Å². The molecule has 0 aromatic heterocycles. The van der Waals surface area contributed by atoms with Crippen LogP contribution < -0.4 is 23.7 Å². The molecule has 1 heterocycles. The molecule has 1 aliphatic rings. The zero-order valence-electron chi connectivity index (χ0n) is 27.4. The summed E-state index contributed by atoms with van der Waals surface area (Å²) >= 11 is 0. The van der Waals surface area contributed by atoms with E-state index in [1.165, 1.54) is 6.07 Å². The smallest absolute Gasteiger partial charge is 0.164 e. The normalized spacial score (nSPS) is 15.0. The van der Waals surface area contributed by atoms with Gasteiger partial charge in [0.1, 0.15) is 49.5 Å². The molecule has 0 fully saturated rings. The lowest BCUT2D eigenvalue weighted by atomic mass is 9.93. The molecule has 2 unspecified atom stereocenters. The van der Waals surface area contributed by atoms with Crippen LogP contribution in [0, 0.1) is 5.82 Å². The Morgan fingerprint density at radius 1 is 0.540 bits per heavy atom. The maximum Gasteiger partial charge on any atom is 0.164 e. The Hall–Kier alpha value is -5.79. The van der Waals surface area contributed by atoms with Gasteiger partial charge in [-0.2, -0.15) is 0 Å². The second kappa shape index (κ2) is 15.6. The van der Waals surface area contributed by atoms with Crippen molar-refractivity contribution in [1.29, 1.82) is 0 Å². The summed E-state index contributed by atoms with van der Waals surface area (Å²) in [5, 5.41) is 11.5. The van der Waals surface area contributed by atoms with Gasteiger partial charge >= 0.3 is 0 Å². The van der Waals surface area contributed by atoms with E-state index in [4.69, 9.17) is 23.7 Å². The van der Waals surface area contributed by atoms with Gasteiger partial charge in [-0.3, -0.25) is 0 Å². The number of halogens is 1. The highest BCUT2D eigenvalue weighted by atomic mass is 19.1. The number of aliphatic hydroxyl groups excluding tert-OH is 1. The minimum absolute atomic E-state index is 0.153. The number of hydrogen-bond donors (Lipinski definition) is 1. The second-order valence-corrected chi connectivity index (χ2v) is 12.1. The fraction of sp³-hybridized carbons (Fsp3) is 0.163. The third kappa shape index (κ3) is 8.08. The van der Waals surface area contributed by atoms with E-state index >= 15 is 4.39 Å². The van der Waals surface area contributed by atoms with Gasteiger partial charge in [-0.1, -0.05) is 121 Å². The summed E-state index contributed by atoms with van der Waals surface area (Å²) < 4.78 is 47.3. The molecule has 0 spiro atoms. The van der Waals surface area contributed by atoms with Crippen LogP contribution in [0.25, 0.3) is 0 Å². The lowest BCUT2D eigenvalue weighted by Gasteiger charge is -2.32. The third-order valence-electron chi connectivity index (χ3n) is 8.49. The van der Waals surface area contributed by atoms with Gasteiger partial charge in [0.15, 0.2) is 17.6 Å². The summed E-state index contributed by atoms with van der Waals surface area (Å²) in [7, 11) is 0. The first-order valence-electron chi connectivity index (χ1n) is 16.6. The van der Waals surface area contributed by atoms with Gasteiger partial charge in [-0.15, -0.1) is 0 Å². The molecule has 0 bridgehead atoms. The van der Waals surface area contributed by atoms with Crippen LogP contribution in [0.15, 0.2) is 146 Å². The van der Waals surface area contributed by atoms with Crippen molar-refractivity contribution in [2.24, 2.45) is 0 Å². The summed E-state index contributed by atoms with van der Waals surface area (Å²) in [6, 6.07) is 45.5. The summed E-state index contributed by atoms with van der Waals surface area (Å²) in [4.78, 5) is 0. The number of benzene rings is 6. The zero-order valence-corrected chi connectivity index (χ0v) is 27.4. The predicted octanol–water partition coefficient (Wildman–Crippen LogP) is 9.18. The Balaban J connectivity index is 1.19. The van der Waals surface area contributed by atoms with Gasteiger partial charge in [0, 0.05) is 35.7 Å². The number of fused-ring (bicyclic) bond motifs is 1. The van der Waals surface area contributed by atoms with Crippen molar-refractivity contribution in [2.45, 2.75) is 45.1 Å². The van der Waals surface area contributed by atoms with Crippen molar-refractivity contribution in [2.75, 3.05) is 0 Å². The van der Waals surface area contributed by atoms with E-state index in [-0.39, 0.29) is 30.9 Å². The average molecular weight is 669 g/mol. The molecule has 252 valence electrons. The first-order valence-corrected chi connectivity index (χ1v) is 16.6. The summed E-state index contributed by atoms with van der Waals surface area (Å²) in [6.07, 6.45) is -1.93. The van der Waals surface area contributed by atoms with Crippen LogP contribution in [-0.2, 0) is 32.8 Å². The van der Waals surface area contributed by atoms with E-state index in [0.717, 1.165) is 22.3 Å². The number of ether oxygens (including phenoxy) is 5. The van der Waals surface area contributed by atoms with Crippen LogP contribution in [0.2, 0.25) is 0 Å². The van der Waals surface area contributed by atoms with E-state index in [1.54, 1.807) is 12.1 Å². The van der Waals surface area contributed by atoms with Crippen LogP contribution in [-0.4, -0.2) is 11.2 Å². The molecule has 7 heteroatoms.